The van der Waals surface area contributed by atoms with Crippen LogP contribution in [0.2, 0.25) is 0 Å². The van der Waals surface area contributed by atoms with Crippen molar-refractivity contribution in [2.75, 3.05) is 5.73 Å². The molecule has 1 saturated carbocycles. The lowest BCUT2D eigenvalue weighted by molar-refractivity contribution is -0.0218. The van der Waals surface area contributed by atoms with Gasteiger partial charge in [0.25, 0.3) is 0 Å². The van der Waals surface area contributed by atoms with Gasteiger partial charge in [0, 0.05) is 22.8 Å². The van der Waals surface area contributed by atoms with E-state index in [-0.39, 0.29) is 0 Å². The van der Waals surface area contributed by atoms with Crippen LogP contribution >= 0.6 is 0 Å². The Morgan fingerprint density at radius 1 is 1.24 bits per heavy atom. The first kappa shape index (κ1) is 14.3. The first-order valence-electron chi connectivity index (χ1n) is 8.03. The highest BCUT2D eigenvalue weighted by molar-refractivity contribution is 5.92. The number of anilines is 1. The zero-order valence-corrected chi connectivity index (χ0v) is 12.7. The standard InChI is InChI=1S/C18H24N2O/c1-2-13-6-3-4-8-17(13)21-12-14-9-10-16(19)15-7-5-11-20-18(14)15/h5,7,9-11,13,17H,2-4,6,8,12,19H2,1H3. The Balaban J connectivity index is 1.77. The molecule has 0 bridgehead atoms. The van der Waals surface area contributed by atoms with E-state index in [2.05, 4.69) is 18.0 Å². The number of rotatable bonds is 4. The first-order chi connectivity index (χ1) is 10.3. The SMILES string of the molecule is CCC1CCCCC1OCc1ccc(N)c2cccnc12. The molecule has 2 unspecified atom stereocenters. The molecule has 3 nitrogen and oxygen atoms in total. The maximum Gasteiger partial charge on any atom is 0.0777 e. The number of benzene rings is 1. The molecule has 2 aromatic rings. The van der Waals surface area contributed by atoms with Crippen molar-refractivity contribution in [2.24, 2.45) is 5.92 Å². The summed E-state index contributed by atoms with van der Waals surface area (Å²) in [5, 5.41) is 1.02. The number of hydrogen-bond donors (Lipinski definition) is 1. The van der Waals surface area contributed by atoms with Crippen LogP contribution in [0.4, 0.5) is 5.69 Å². The predicted octanol–water partition coefficient (Wildman–Crippen LogP) is 4.30. The molecule has 3 heteroatoms. The molecule has 2 N–H and O–H groups in total. The topological polar surface area (TPSA) is 48.1 Å². The van der Waals surface area contributed by atoms with Gasteiger partial charge in [-0.25, -0.2) is 0 Å². The van der Waals surface area contributed by atoms with Gasteiger partial charge in [0.05, 0.1) is 18.2 Å². The number of nitrogens with two attached hydrogens (primary N) is 1. The number of aromatic nitrogens is 1. The molecule has 2 atom stereocenters. The number of nitrogen functional groups attached to an aromatic ring is 1. The van der Waals surface area contributed by atoms with Crippen molar-refractivity contribution >= 4 is 16.6 Å². The second kappa shape index (κ2) is 6.44. The lowest BCUT2D eigenvalue weighted by Crippen LogP contribution is -2.27. The zero-order valence-electron chi connectivity index (χ0n) is 12.7. The van der Waals surface area contributed by atoms with E-state index in [1.807, 2.05) is 24.4 Å². The van der Waals surface area contributed by atoms with Crippen LogP contribution in [0.1, 0.15) is 44.6 Å². The lowest BCUT2D eigenvalue weighted by Gasteiger charge is -2.30. The highest BCUT2D eigenvalue weighted by Gasteiger charge is 2.24. The Labute approximate surface area is 126 Å². The smallest absolute Gasteiger partial charge is 0.0777 e. The fourth-order valence-electron chi connectivity index (χ4n) is 3.43. The number of fused-ring (bicyclic) bond motifs is 1. The van der Waals surface area contributed by atoms with E-state index in [9.17, 15) is 0 Å². The Morgan fingerprint density at radius 2 is 2.10 bits per heavy atom. The number of pyridine rings is 1. The molecule has 1 aliphatic rings. The molecular formula is C18H24N2O. The second-order valence-electron chi connectivity index (χ2n) is 6.02. The highest BCUT2D eigenvalue weighted by atomic mass is 16.5. The Hall–Kier alpha value is -1.61. The van der Waals surface area contributed by atoms with Gasteiger partial charge < -0.3 is 10.5 Å². The number of hydrogen-bond acceptors (Lipinski definition) is 3. The van der Waals surface area contributed by atoms with Gasteiger partial charge in [-0.2, -0.15) is 0 Å². The van der Waals surface area contributed by atoms with Crippen molar-refractivity contribution in [1.29, 1.82) is 0 Å². The summed E-state index contributed by atoms with van der Waals surface area (Å²) >= 11 is 0. The summed E-state index contributed by atoms with van der Waals surface area (Å²) in [6.07, 6.45) is 8.58. The molecule has 21 heavy (non-hydrogen) atoms. The van der Waals surface area contributed by atoms with Gasteiger partial charge in [-0.15, -0.1) is 0 Å². The van der Waals surface area contributed by atoms with E-state index in [1.165, 1.54) is 32.1 Å². The quantitative estimate of drug-likeness (QED) is 0.851. The van der Waals surface area contributed by atoms with Gasteiger partial charge in [-0.05, 0) is 37.0 Å². The molecule has 1 heterocycles. The van der Waals surface area contributed by atoms with Gasteiger partial charge in [0.2, 0.25) is 0 Å². The summed E-state index contributed by atoms with van der Waals surface area (Å²) in [6.45, 7) is 2.90. The van der Waals surface area contributed by atoms with Gasteiger partial charge >= 0.3 is 0 Å². The lowest BCUT2D eigenvalue weighted by atomic mass is 9.85. The van der Waals surface area contributed by atoms with Gasteiger partial charge in [0.1, 0.15) is 0 Å². The summed E-state index contributed by atoms with van der Waals surface area (Å²) in [7, 11) is 0. The Bertz CT molecular complexity index is 611. The molecule has 0 aliphatic heterocycles. The zero-order chi connectivity index (χ0) is 14.7. The van der Waals surface area contributed by atoms with E-state index in [0.29, 0.717) is 18.6 Å². The summed E-state index contributed by atoms with van der Waals surface area (Å²) in [5.41, 5.74) is 8.92. The van der Waals surface area contributed by atoms with Crippen molar-refractivity contribution in [1.82, 2.24) is 4.98 Å². The Morgan fingerprint density at radius 3 is 2.95 bits per heavy atom. The largest absolute Gasteiger partial charge is 0.398 e. The molecule has 1 aromatic carbocycles. The fourth-order valence-corrected chi connectivity index (χ4v) is 3.43. The average molecular weight is 284 g/mol. The Kier molecular flexibility index (Phi) is 4.39. The molecule has 0 spiro atoms. The van der Waals surface area contributed by atoms with Crippen molar-refractivity contribution in [3.8, 4) is 0 Å². The van der Waals surface area contributed by atoms with Gasteiger partial charge in [-0.3, -0.25) is 4.98 Å². The van der Waals surface area contributed by atoms with E-state index in [4.69, 9.17) is 10.5 Å². The molecule has 0 radical (unpaired) electrons. The van der Waals surface area contributed by atoms with E-state index in [1.54, 1.807) is 0 Å². The maximum atomic E-state index is 6.24. The minimum absolute atomic E-state index is 0.403. The van der Waals surface area contributed by atoms with E-state index >= 15 is 0 Å². The van der Waals surface area contributed by atoms with Crippen LogP contribution in [0.15, 0.2) is 30.5 Å². The maximum absolute atomic E-state index is 6.24. The van der Waals surface area contributed by atoms with Gasteiger partial charge in [-0.1, -0.05) is 32.3 Å². The van der Waals surface area contributed by atoms with Crippen molar-refractivity contribution in [3.05, 3.63) is 36.0 Å². The predicted molar refractivity (Wildman–Crippen MR) is 87.0 cm³/mol. The van der Waals surface area contributed by atoms with E-state index < -0.39 is 0 Å². The minimum atomic E-state index is 0.403. The second-order valence-corrected chi connectivity index (χ2v) is 6.02. The highest BCUT2D eigenvalue weighted by Crippen LogP contribution is 2.30. The molecule has 0 amide bonds. The number of ether oxygens (including phenoxy) is 1. The molecule has 0 saturated heterocycles. The molecule has 3 rings (SSSR count). The van der Waals surface area contributed by atoms with Crippen molar-refractivity contribution in [2.45, 2.75) is 51.7 Å². The van der Waals surface area contributed by atoms with Crippen LogP contribution in [0.25, 0.3) is 10.9 Å². The third-order valence-electron chi connectivity index (χ3n) is 4.70. The van der Waals surface area contributed by atoms with Crippen molar-refractivity contribution < 1.29 is 4.74 Å². The average Bonchev–Trinajstić information content (AvgIpc) is 2.55. The van der Waals surface area contributed by atoms with Crippen LogP contribution in [0.3, 0.4) is 0 Å². The van der Waals surface area contributed by atoms with Crippen LogP contribution < -0.4 is 5.73 Å². The normalized spacial score (nSPS) is 22.5. The molecule has 1 aromatic heterocycles. The third-order valence-corrected chi connectivity index (χ3v) is 4.70. The minimum Gasteiger partial charge on any atom is -0.398 e. The monoisotopic (exact) mass is 284 g/mol. The summed E-state index contributed by atoms with van der Waals surface area (Å²) in [6, 6.07) is 7.96. The molecule has 112 valence electrons. The number of nitrogens with zero attached hydrogens (tertiary/aromatic N) is 1. The summed E-state index contributed by atoms with van der Waals surface area (Å²) in [5.74, 6) is 0.715. The summed E-state index contributed by atoms with van der Waals surface area (Å²) in [4.78, 5) is 4.48. The van der Waals surface area contributed by atoms with Crippen LogP contribution in [-0.4, -0.2) is 11.1 Å². The first-order valence-corrected chi connectivity index (χ1v) is 8.03. The molecule has 1 aliphatic carbocycles. The van der Waals surface area contributed by atoms with E-state index in [0.717, 1.165) is 22.2 Å². The molecular weight excluding hydrogens is 260 g/mol. The van der Waals surface area contributed by atoms with Crippen LogP contribution in [0, 0.1) is 5.92 Å². The van der Waals surface area contributed by atoms with Crippen molar-refractivity contribution in [3.63, 3.8) is 0 Å². The molecule has 1 fully saturated rings. The van der Waals surface area contributed by atoms with Crippen LogP contribution in [-0.2, 0) is 11.3 Å². The fraction of sp³-hybridized carbons (Fsp3) is 0.500. The van der Waals surface area contributed by atoms with Gasteiger partial charge in [0.15, 0.2) is 0 Å². The third kappa shape index (κ3) is 3.03. The summed E-state index contributed by atoms with van der Waals surface area (Å²) < 4.78 is 6.24. The van der Waals surface area contributed by atoms with Crippen LogP contribution in [0.5, 0.6) is 0 Å².